The monoisotopic (exact) mass is 307 g/mol. The van der Waals surface area contributed by atoms with Crippen LogP contribution in [0.15, 0.2) is 60.8 Å². The van der Waals surface area contributed by atoms with Crippen molar-refractivity contribution in [1.29, 1.82) is 0 Å². The molecule has 0 atom stereocenters. The van der Waals surface area contributed by atoms with E-state index in [1.54, 1.807) is 4.68 Å². The molecule has 4 nitrogen and oxygen atoms in total. The number of hydrogen-bond donors (Lipinski definition) is 0. The molecule has 0 fully saturated rings. The molecule has 0 unspecified atom stereocenters. The molecule has 3 rings (SSSR count). The van der Waals surface area contributed by atoms with Crippen molar-refractivity contribution in [3.63, 3.8) is 0 Å². The Labute approximate surface area is 136 Å². The minimum absolute atomic E-state index is 0.107. The molecule has 0 N–H and O–H groups in total. The maximum absolute atomic E-state index is 5.86. The highest BCUT2D eigenvalue weighted by Crippen LogP contribution is 2.25. The summed E-state index contributed by atoms with van der Waals surface area (Å²) in [5.41, 5.74) is 3.15. The van der Waals surface area contributed by atoms with Gasteiger partial charge in [-0.2, -0.15) is 0 Å². The SMILES string of the molecule is CC(C)(C)c1cccc(OCc2cn(-c3ccccc3)nn2)c1. The number of hydrogen-bond acceptors (Lipinski definition) is 3. The molecule has 1 heterocycles. The molecule has 0 saturated carbocycles. The number of aromatic nitrogens is 3. The second-order valence-corrected chi connectivity index (χ2v) is 6.56. The Morgan fingerprint density at radius 3 is 2.52 bits per heavy atom. The van der Waals surface area contributed by atoms with E-state index >= 15 is 0 Å². The van der Waals surface area contributed by atoms with Gasteiger partial charge < -0.3 is 4.74 Å². The van der Waals surface area contributed by atoms with Gasteiger partial charge in [-0.1, -0.05) is 56.3 Å². The highest BCUT2D eigenvalue weighted by Gasteiger charge is 2.14. The van der Waals surface area contributed by atoms with Crippen molar-refractivity contribution >= 4 is 0 Å². The summed E-state index contributed by atoms with van der Waals surface area (Å²) < 4.78 is 7.62. The molecule has 0 amide bonds. The van der Waals surface area contributed by atoms with Crippen LogP contribution in [0.1, 0.15) is 32.0 Å². The first kappa shape index (κ1) is 15.3. The van der Waals surface area contributed by atoms with Gasteiger partial charge in [0, 0.05) is 0 Å². The minimum Gasteiger partial charge on any atom is -0.487 e. The van der Waals surface area contributed by atoms with E-state index in [0.29, 0.717) is 6.61 Å². The quantitative estimate of drug-likeness (QED) is 0.727. The summed E-state index contributed by atoms with van der Waals surface area (Å²) in [5.74, 6) is 0.853. The lowest BCUT2D eigenvalue weighted by atomic mass is 9.87. The van der Waals surface area contributed by atoms with Crippen molar-refractivity contribution in [2.24, 2.45) is 0 Å². The normalized spacial score (nSPS) is 11.4. The highest BCUT2D eigenvalue weighted by atomic mass is 16.5. The van der Waals surface area contributed by atoms with Crippen molar-refractivity contribution in [1.82, 2.24) is 15.0 Å². The lowest BCUT2D eigenvalue weighted by Crippen LogP contribution is -2.11. The minimum atomic E-state index is 0.107. The smallest absolute Gasteiger partial charge is 0.134 e. The molecule has 3 aromatic rings. The molecular weight excluding hydrogens is 286 g/mol. The largest absolute Gasteiger partial charge is 0.487 e. The van der Waals surface area contributed by atoms with E-state index in [0.717, 1.165) is 17.1 Å². The van der Waals surface area contributed by atoms with Crippen LogP contribution in [0.3, 0.4) is 0 Å². The number of rotatable bonds is 4. The zero-order valence-corrected chi connectivity index (χ0v) is 13.7. The van der Waals surface area contributed by atoms with E-state index in [2.05, 4.69) is 43.2 Å². The van der Waals surface area contributed by atoms with E-state index in [9.17, 15) is 0 Å². The maximum Gasteiger partial charge on any atom is 0.134 e. The van der Waals surface area contributed by atoms with Crippen LogP contribution in [0.2, 0.25) is 0 Å². The van der Waals surface area contributed by atoms with E-state index in [1.807, 2.05) is 48.7 Å². The molecule has 118 valence electrons. The molecule has 1 aromatic heterocycles. The van der Waals surface area contributed by atoms with Crippen molar-refractivity contribution in [2.45, 2.75) is 32.8 Å². The molecule has 0 aliphatic heterocycles. The zero-order valence-electron chi connectivity index (χ0n) is 13.7. The first-order valence-corrected chi connectivity index (χ1v) is 7.72. The summed E-state index contributed by atoms with van der Waals surface area (Å²) in [5, 5.41) is 8.31. The first-order valence-electron chi connectivity index (χ1n) is 7.72. The van der Waals surface area contributed by atoms with E-state index in [1.165, 1.54) is 5.56 Å². The lowest BCUT2D eigenvalue weighted by molar-refractivity contribution is 0.300. The zero-order chi connectivity index (χ0) is 16.3. The van der Waals surface area contributed by atoms with Crippen molar-refractivity contribution in [3.8, 4) is 11.4 Å². The number of benzene rings is 2. The third-order valence-corrected chi connectivity index (χ3v) is 3.65. The Bertz CT molecular complexity index is 773. The number of para-hydroxylation sites is 1. The van der Waals surface area contributed by atoms with Gasteiger partial charge >= 0.3 is 0 Å². The van der Waals surface area contributed by atoms with Gasteiger partial charge in [0.25, 0.3) is 0 Å². The number of ether oxygens (including phenoxy) is 1. The fraction of sp³-hybridized carbons (Fsp3) is 0.263. The van der Waals surface area contributed by atoms with Gasteiger partial charge in [-0.05, 0) is 35.2 Å². The fourth-order valence-corrected chi connectivity index (χ4v) is 2.28. The maximum atomic E-state index is 5.86. The summed E-state index contributed by atoms with van der Waals surface area (Å²) in [6.07, 6.45) is 1.89. The molecule has 4 heteroatoms. The molecule has 0 spiro atoms. The van der Waals surface area contributed by atoms with Crippen LogP contribution in [0.5, 0.6) is 5.75 Å². The predicted octanol–water partition coefficient (Wildman–Crippen LogP) is 4.14. The Morgan fingerprint density at radius 1 is 1.00 bits per heavy atom. The molecule has 0 aliphatic rings. The summed E-state index contributed by atoms with van der Waals surface area (Å²) in [6, 6.07) is 18.1. The molecule has 0 saturated heterocycles. The summed E-state index contributed by atoms with van der Waals surface area (Å²) in [6.45, 7) is 6.98. The van der Waals surface area contributed by atoms with E-state index < -0.39 is 0 Å². The average Bonchev–Trinajstić information content (AvgIpc) is 3.02. The van der Waals surface area contributed by atoms with Gasteiger partial charge in [0.05, 0.1) is 11.9 Å². The van der Waals surface area contributed by atoms with Gasteiger partial charge in [0.1, 0.15) is 18.1 Å². The highest BCUT2D eigenvalue weighted by molar-refractivity contribution is 5.33. The Morgan fingerprint density at radius 2 is 1.78 bits per heavy atom. The van der Waals surface area contributed by atoms with Crippen LogP contribution < -0.4 is 4.74 Å². The third kappa shape index (κ3) is 3.77. The molecular formula is C19H21N3O. The molecule has 0 radical (unpaired) electrons. The Kier molecular flexibility index (Phi) is 4.15. The Hall–Kier alpha value is -2.62. The summed E-state index contributed by atoms with van der Waals surface area (Å²) in [7, 11) is 0. The van der Waals surface area contributed by atoms with Crippen LogP contribution in [-0.4, -0.2) is 15.0 Å². The van der Waals surface area contributed by atoms with Gasteiger partial charge in [-0.3, -0.25) is 0 Å². The molecule has 23 heavy (non-hydrogen) atoms. The predicted molar refractivity (Wildman–Crippen MR) is 90.8 cm³/mol. The van der Waals surface area contributed by atoms with Gasteiger partial charge in [-0.25, -0.2) is 4.68 Å². The third-order valence-electron chi connectivity index (χ3n) is 3.65. The molecule has 0 bridgehead atoms. The first-order chi connectivity index (χ1) is 11.0. The average molecular weight is 307 g/mol. The van der Waals surface area contributed by atoms with Gasteiger partial charge in [-0.15, -0.1) is 5.10 Å². The van der Waals surface area contributed by atoms with E-state index in [4.69, 9.17) is 4.74 Å². The second-order valence-electron chi connectivity index (χ2n) is 6.56. The summed E-state index contributed by atoms with van der Waals surface area (Å²) >= 11 is 0. The van der Waals surface area contributed by atoms with E-state index in [-0.39, 0.29) is 5.41 Å². The van der Waals surface area contributed by atoms with Crippen molar-refractivity contribution in [3.05, 3.63) is 72.1 Å². The number of nitrogens with zero attached hydrogens (tertiary/aromatic N) is 3. The van der Waals surface area contributed by atoms with Crippen LogP contribution >= 0.6 is 0 Å². The van der Waals surface area contributed by atoms with Gasteiger partial charge in [0.15, 0.2) is 0 Å². The molecule has 0 aliphatic carbocycles. The van der Waals surface area contributed by atoms with Crippen LogP contribution in [-0.2, 0) is 12.0 Å². The van der Waals surface area contributed by atoms with Crippen molar-refractivity contribution < 1.29 is 4.74 Å². The topological polar surface area (TPSA) is 39.9 Å². The summed E-state index contributed by atoms with van der Waals surface area (Å²) in [4.78, 5) is 0. The van der Waals surface area contributed by atoms with Gasteiger partial charge in [0.2, 0.25) is 0 Å². The lowest BCUT2D eigenvalue weighted by Gasteiger charge is -2.19. The van der Waals surface area contributed by atoms with Crippen LogP contribution in [0, 0.1) is 0 Å². The van der Waals surface area contributed by atoms with Crippen LogP contribution in [0.4, 0.5) is 0 Å². The molecule has 2 aromatic carbocycles. The standard InChI is InChI=1S/C19H21N3O/c1-19(2,3)15-8-7-11-18(12-15)23-14-16-13-22(21-20-16)17-9-5-4-6-10-17/h4-13H,14H2,1-3H3. The van der Waals surface area contributed by atoms with Crippen molar-refractivity contribution in [2.75, 3.05) is 0 Å². The van der Waals surface area contributed by atoms with Crippen LogP contribution in [0.25, 0.3) is 5.69 Å². The Balaban J connectivity index is 1.69. The second kappa shape index (κ2) is 6.24. The fourth-order valence-electron chi connectivity index (χ4n) is 2.28.